The van der Waals surface area contributed by atoms with Gasteiger partial charge in [0.2, 0.25) is 17.7 Å². The summed E-state index contributed by atoms with van der Waals surface area (Å²) in [6.45, 7) is 3.18. The van der Waals surface area contributed by atoms with Gasteiger partial charge in [-0.15, -0.1) is 0 Å². The minimum absolute atomic E-state index is 0.0446. The van der Waals surface area contributed by atoms with E-state index >= 15 is 0 Å². The highest BCUT2D eigenvalue weighted by Gasteiger charge is 2.46. The van der Waals surface area contributed by atoms with Gasteiger partial charge < -0.3 is 35.9 Å². The lowest BCUT2D eigenvalue weighted by Gasteiger charge is -2.39. The van der Waals surface area contributed by atoms with Crippen molar-refractivity contribution >= 4 is 65.7 Å². The maximum atomic E-state index is 14.7. The summed E-state index contributed by atoms with van der Waals surface area (Å²) in [7, 11) is -4.90. The fourth-order valence-electron chi connectivity index (χ4n) is 6.63. The minimum Gasteiger partial charge on any atom is -0.465 e. The fraction of sp³-hybridized carbons (Fsp3) is 0.333. The Morgan fingerprint density at radius 1 is 1.08 bits per heavy atom. The molecule has 0 radical (unpaired) electrons. The van der Waals surface area contributed by atoms with Crippen LogP contribution < -0.4 is 20.9 Å². The van der Waals surface area contributed by atoms with Gasteiger partial charge in [0.1, 0.15) is 17.3 Å². The van der Waals surface area contributed by atoms with E-state index in [1.807, 2.05) is 6.92 Å². The van der Waals surface area contributed by atoms with E-state index in [9.17, 15) is 38.6 Å². The quantitative estimate of drug-likeness (QED) is 0.0826. The lowest BCUT2D eigenvalue weighted by atomic mass is 9.77. The molecule has 0 spiro atoms. The van der Waals surface area contributed by atoms with Crippen molar-refractivity contribution in [1.29, 1.82) is 0 Å². The van der Waals surface area contributed by atoms with Crippen molar-refractivity contribution in [2.75, 3.05) is 6.54 Å². The average Bonchev–Trinajstić information content (AvgIpc) is 3.46. The number of hydrogen-bond donors (Lipinski definition) is 7. The molecule has 1 aliphatic rings. The van der Waals surface area contributed by atoms with Crippen LogP contribution in [-0.4, -0.2) is 66.7 Å². The number of phosphoric ester groups is 1. The molecule has 1 unspecified atom stereocenters. The number of primary amides is 1. The standard InChI is InChI=1S/C36H40Cl2N5O9P/c1-3-20(2)30(32(39)44)41-34(46)36(14-13-29-26(17-36)25-15-23(37)16-28(38)31(25)40-29)42-33(45)27(22-9-11-24(12-10-22)52-53(49,50)51)19-43(35(47)48)18-21-7-5-4-6-8-21/h4-12,15-16,20,27,30,40H,3,13-14,17-19H2,1-2H3,(H2,39,44)(H,41,46)(H,42,45)(H,47,48)(H2,49,50,51)/t20?,27-,30+,36-/m1/s1. The number of halogens is 2. The Balaban J connectivity index is 1.58. The number of aromatic amines is 1. The van der Waals surface area contributed by atoms with Gasteiger partial charge in [-0.05, 0) is 59.7 Å². The van der Waals surface area contributed by atoms with Gasteiger partial charge in [-0.1, -0.05) is 85.9 Å². The first kappa shape index (κ1) is 39.6. The molecule has 1 aliphatic carbocycles. The summed E-state index contributed by atoms with van der Waals surface area (Å²) < 4.78 is 16.1. The third-order valence-corrected chi connectivity index (χ3v) is 10.6. The van der Waals surface area contributed by atoms with Crippen molar-refractivity contribution in [3.63, 3.8) is 0 Å². The SMILES string of the molecule is CCC(C)[C@H](NC(=O)[C@@]1(NC(=O)[C@H](CN(Cc2ccccc2)C(=O)O)c2ccc(OP(=O)(O)O)cc2)CCc2[nH]c3c(Cl)cc(Cl)cc3c2C1)C(N)=O. The van der Waals surface area contributed by atoms with Gasteiger partial charge >= 0.3 is 13.9 Å². The van der Waals surface area contributed by atoms with E-state index < -0.39 is 49.1 Å². The Kier molecular flexibility index (Phi) is 12.1. The molecule has 4 aromatic rings. The average molecular weight is 789 g/mol. The van der Waals surface area contributed by atoms with Crippen LogP contribution in [0.15, 0.2) is 66.7 Å². The first-order chi connectivity index (χ1) is 25.0. The van der Waals surface area contributed by atoms with E-state index in [-0.39, 0.29) is 49.6 Å². The summed E-state index contributed by atoms with van der Waals surface area (Å²) in [4.78, 5) is 77.3. The van der Waals surface area contributed by atoms with Crippen LogP contribution in [0.1, 0.15) is 55.0 Å². The number of nitrogens with one attached hydrogen (secondary N) is 3. The lowest BCUT2D eigenvalue weighted by Crippen LogP contribution is -2.65. The molecule has 3 aromatic carbocycles. The number of aryl methyl sites for hydroxylation is 1. The molecule has 282 valence electrons. The summed E-state index contributed by atoms with van der Waals surface area (Å²) in [6.07, 6.45) is -0.474. The number of aromatic nitrogens is 1. The van der Waals surface area contributed by atoms with Crippen LogP contribution in [0.5, 0.6) is 5.75 Å². The lowest BCUT2D eigenvalue weighted by molar-refractivity contribution is -0.137. The summed E-state index contributed by atoms with van der Waals surface area (Å²) in [6, 6.07) is 16.3. The second-order valence-corrected chi connectivity index (χ2v) is 15.2. The number of fused-ring (bicyclic) bond motifs is 3. The second kappa shape index (κ2) is 16.2. The zero-order chi connectivity index (χ0) is 38.7. The molecule has 0 aliphatic heterocycles. The predicted octanol–water partition coefficient (Wildman–Crippen LogP) is 5.27. The fourth-order valence-corrected chi connectivity index (χ4v) is 7.57. The van der Waals surface area contributed by atoms with E-state index in [4.69, 9.17) is 28.9 Å². The number of hydrogen-bond acceptors (Lipinski definition) is 6. The largest absolute Gasteiger partial charge is 0.524 e. The number of carbonyl (C=O) groups is 4. The van der Waals surface area contributed by atoms with Crippen LogP contribution in [0, 0.1) is 5.92 Å². The molecule has 0 saturated heterocycles. The van der Waals surface area contributed by atoms with Gasteiger partial charge in [0.25, 0.3) is 0 Å². The highest BCUT2D eigenvalue weighted by atomic mass is 35.5. The van der Waals surface area contributed by atoms with E-state index in [0.29, 0.717) is 38.5 Å². The predicted molar refractivity (Wildman–Crippen MR) is 199 cm³/mol. The van der Waals surface area contributed by atoms with Crippen LogP contribution in [0.4, 0.5) is 4.79 Å². The number of phosphoric acid groups is 1. The number of nitrogens with zero attached hydrogens (tertiary/aromatic N) is 1. The molecule has 17 heteroatoms. The molecule has 0 bridgehead atoms. The Labute approximate surface area is 315 Å². The van der Waals surface area contributed by atoms with E-state index in [2.05, 4.69) is 20.1 Å². The molecule has 8 N–H and O–H groups in total. The molecule has 1 heterocycles. The summed E-state index contributed by atoms with van der Waals surface area (Å²) in [5.41, 5.74) is 7.06. The molecule has 4 amide bonds. The van der Waals surface area contributed by atoms with Gasteiger partial charge in [-0.2, -0.15) is 0 Å². The topological polar surface area (TPSA) is 224 Å². The van der Waals surface area contributed by atoms with E-state index in [1.165, 1.54) is 24.3 Å². The number of carboxylic acid groups (broad SMARTS) is 1. The Morgan fingerprint density at radius 2 is 1.75 bits per heavy atom. The highest BCUT2D eigenvalue weighted by molar-refractivity contribution is 7.46. The second-order valence-electron chi connectivity index (χ2n) is 13.2. The Bertz CT molecular complexity index is 2060. The zero-order valence-electron chi connectivity index (χ0n) is 28.8. The molecule has 14 nitrogen and oxygen atoms in total. The number of rotatable bonds is 14. The number of nitrogens with two attached hydrogens (primary N) is 1. The molecule has 4 atom stereocenters. The van der Waals surface area contributed by atoms with Crippen molar-refractivity contribution in [2.24, 2.45) is 11.7 Å². The zero-order valence-corrected chi connectivity index (χ0v) is 31.3. The first-order valence-corrected chi connectivity index (χ1v) is 19.1. The monoisotopic (exact) mass is 787 g/mol. The van der Waals surface area contributed by atoms with Gasteiger partial charge in [0.05, 0.1) is 16.5 Å². The van der Waals surface area contributed by atoms with Crippen LogP contribution in [0.3, 0.4) is 0 Å². The third-order valence-electron chi connectivity index (χ3n) is 9.62. The maximum absolute atomic E-state index is 14.7. The van der Waals surface area contributed by atoms with Gasteiger partial charge in [-0.25, -0.2) is 9.36 Å². The third kappa shape index (κ3) is 9.32. The van der Waals surface area contributed by atoms with Crippen molar-refractivity contribution in [2.45, 2.75) is 63.6 Å². The van der Waals surface area contributed by atoms with Crippen LogP contribution in [0.25, 0.3) is 10.9 Å². The van der Waals surface area contributed by atoms with Gasteiger partial charge in [0.15, 0.2) is 0 Å². The summed E-state index contributed by atoms with van der Waals surface area (Å²) in [5, 5.41) is 17.4. The smallest absolute Gasteiger partial charge is 0.465 e. The number of amides is 4. The number of H-pyrrole nitrogens is 1. The van der Waals surface area contributed by atoms with E-state index in [0.717, 1.165) is 10.6 Å². The van der Waals surface area contributed by atoms with Crippen molar-refractivity contribution in [3.8, 4) is 5.75 Å². The van der Waals surface area contributed by atoms with E-state index in [1.54, 1.807) is 49.4 Å². The number of benzene rings is 3. The molecule has 0 fully saturated rings. The molecule has 5 rings (SSSR count). The minimum atomic E-state index is -4.90. The summed E-state index contributed by atoms with van der Waals surface area (Å²) in [5.74, 6) is -3.88. The van der Waals surface area contributed by atoms with Gasteiger partial charge in [0, 0.05) is 35.6 Å². The Morgan fingerprint density at radius 3 is 2.36 bits per heavy atom. The first-order valence-electron chi connectivity index (χ1n) is 16.8. The van der Waals surface area contributed by atoms with Crippen LogP contribution >= 0.6 is 31.0 Å². The summed E-state index contributed by atoms with van der Waals surface area (Å²) >= 11 is 12.9. The molecule has 1 aromatic heterocycles. The van der Waals surface area contributed by atoms with Crippen molar-refractivity contribution in [1.82, 2.24) is 20.5 Å². The maximum Gasteiger partial charge on any atom is 0.524 e. The van der Waals surface area contributed by atoms with Crippen LogP contribution in [0.2, 0.25) is 10.0 Å². The van der Waals surface area contributed by atoms with Crippen LogP contribution in [-0.2, 0) is 38.3 Å². The van der Waals surface area contributed by atoms with Crippen molar-refractivity contribution < 1.29 is 43.2 Å². The van der Waals surface area contributed by atoms with Gasteiger partial charge in [-0.3, -0.25) is 24.2 Å². The molecule has 0 saturated carbocycles. The molecule has 53 heavy (non-hydrogen) atoms. The Hall–Kier alpha value is -4.59. The molecular formula is C36H40Cl2N5O9P. The highest BCUT2D eigenvalue weighted by Crippen LogP contribution is 2.40. The number of carbonyl (C=O) groups excluding carboxylic acids is 3. The van der Waals surface area contributed by atoms with Crippen molar-refractivity contribution in [3.05, 3.63) is 99.2 Å². The molecular weight excluding hydrogens is 748 g/mol. The normalized spacial score (nSPS) is 17.2.